The second-order valence-electron chi connectivity index (χ2n) is 7.96. The highest BCUT2D eigenvalue weighted by molar-refractivity contribution is 6.02. The molecule has 1 atom stereocenters. The van der Waals surface area contributed by atoms with E-state index in [0.717, 1.165) is 35.3 Å². The zero-order valence-electron chi connectivity index (χ0n) is 16.4. The second kappa shape index (κ2) is 7.30. The fraction of sp³-hybridized carbons (Fsp3) is 0.391. The number of nitrogens with one attached hydrogen (secondary N) is 1. The molecule has 2 aromatic carbocycles. The summed E-state index contributed by atoms with van der Waals surface area (Å²) in [6.07, 6.45) is 2.79. The van der Waals surface area contributed by atoms with Gasteiger partial charge in [-0.3, -0.25) is 9.59 Å². The van der Waals surface area contributed by atoms with Gasteiger partial charge in [-0.1, -0.05) is 36.4 Å². The monoisotopic (exact) mass is 378 g/mol. The Morgan fingerprint density at radius 3 is 2.64 bits per heavy atom. The quantitative estimate of drug-likeness (QED) is 0.840. The van der Waals surface area contributed by atoms with Crippen molar-refractivity contribution in [3.8, 4) is 5.75 Å². The Kier molecular flexibility index (Phi) is 4.84. The number of methoxy groups -OCH3 is 1. The molecule has 1 aliphatic heterocycles. The smallest absolute Gasteiger partial charge is 0.255 e. The number of carbonyl (C=O) groups excluding carboxylic acids is 2. The van der Waals surface area contributed by atoms with E-state index < -0.39 is 5.54 Å². The van der Waals surface area contributed by atoms with Gasteiger partial charge < -0.3 is 15.0 Å². The van der Waals surface area contributed by atoms with E-state index in [1.165, 1.54) is 0 Å². The predicted octanol–water partition coefficient (Wildman–Crippen LogP) is 3.18. The van der Waals surface area contributed by atoms with Crippen LogP contribution in [0.25, 0.3) is 0 Å². The average Bonchev–Trinajstić information content (AvgIpc) is 3.53. The lowest BCUT2D eigenvalue weighted by atomic mass is 9.82. The zero-order chi connectivity index (χ0) is 19.7. The molecule has 146 valence electrons. The normalized spacial score (nSPS) is 21.2. The summed E-state index contributed by atoms with van der Waals surface area (Å²) in [5, 5.41) is 3.05. The van der Waals surface area contributed by atoms with Crippen molar-refractivity contribution < 1.29 is 14.3 Å². The number of carbonyl (C=O) groups is 2. The minimum absolute atomic E-state index is 0.0382. The van der Waals surface area contributed by atoms with Crippen LogP contribution in [0.3, 0.4) is 0 Å². The molecule has 5 heteroatoms. The van der Waals surface area contributed by atoms with Crippen LogP contribution in [-0.2, 0) is 17.8 Å². The molecule has 2 aliphatic rings. The topological polar surface area (TPSA) is 58.6 Å². The Morgan fingerprint density at radius 2 is 1.89 bits per heavy atom. The number of hydrogen-bond donors (Lipinski definition) is 1. The van der Waals surface area contributed by atoms with Crippen molar-refractivity contribution in [3.63, 3.8) is 0 Å². The molecule has 1 fully saturated rings. The number of para-hydroxylation sites is 1. The molecule has 28 heavy (non-hydrogen) atoms. The summed E-state index contributed by atoms with van der Waals surface area (Å²) in [5.74, 6) is 1.09. The third kappa shape index (κ3) is 3.37. The van der Waals surface area contributed by atoms with Crippen LogP contribution in [-0.4, -0.2) is 35.9 Å². The molecule has 2 aromatic rings. The first-order valence-electron chi connectivity index (χ1n) is 9.83. The Hall–Kier alpha value is -2.82. The van der Waals surface area contributed by atoms with Crippen LogP contribution in [0, 0.1) is 5.92 Å². The molecule has 5 nitrogen and oxygen atoms in total. The van der Waals surface area contributed by atoms with Crippen molar-refractivity contribution in [2.45, 2.75) is 38.3 Å². The summed E-state index contributed by atoms with van der Waals surface area (Å²) in [4.78, 5) is 28.3. The van der Waals surface area contributed by atoms with Gasteiger partial charge in [0.05, 0.1) is 7.11 Å². The highest BCUT2D eigenvalue weighted by Gasteiger charge is 2.48. The first-order chi connectivity index (χ1) is 13.5. The lowest BCUT2D eigenvalue weighted by Gasteiger charge is -2.44. The molecule has 4 rings (SSSR count). The van der Waals surface area contributed by atoms with Crippen LogP contribution in [0.5, 0.6) is 5.75 Å². The molecule has 0 spiro atoms. The van der Waals surface area contributed by atoms with Crippen LogP contribution >= 0.6 is 0 Å². The van der Waals surface area contributed by atoms with Gasteiger partial charge in [0, 0.05) is 30.6 Å². The summed E-state index contributed by atoms with van der Waals surface area (Å²) in [5.41, 5.74) is 1.68. The van der Waals surface area contributed by atoms with E-state index in [1.807, 2.05) is 55.5 Å². The van der Waals surface area contributed by atoms with Crippen molar-refractivity contribution in [2.75, 3.05) is 13.7 Å². The number of hydrogen-bond acceptors (Lipinski definition) is 3. The maximum atomic E-state index is 13.3. The first kappa shape index (κ1) is 18.5. The minimum atomic E-state index is -0.893. The first-order valence-corrected chi connectivity index (χ1v) is 9.83. The molecule has 0 saturated heterocycles. The Morgan fingerprint density at radius 1 is 1.18 bits per heavy atom. The lowest BCUT2D eigenvalue weighted by Crippen LogP contribution is -2.62. The fourth-order valence-electron chi connectivity index (χ4n) is 3.98. The van der Waals surface area contributed by atoms with Crippen molar-refractivity contribution in [1.82, 2.24) is 10.2 Å². The highest BCUT2D eigenvalue weighted by atomic mass is 16.5. The maximum Gasteiger partial charge on any atom is 0.255 e. The molecule has 0 bridgehead atoms. The van der Waals surface area contributed by atoms with E-state index >= 15 is 0 Å². The van der Waals surface area contributed by atoms with Crippen LogP contribution < -0.4 is 10.1 Å². The molecular formula is C23H26N2O3. The van der Waals surface area contributed by atoms with Gasteiger partial charge in [0.15, 0.2) is 0 Å². The van der Waals surface area contributed by atoms with Gasteiger partial charge in [-0.15, -0.1) is 0 Å². The Labute approximate surface area is 165 Å². The third-order valence-corrected chi connectivity index (χ3v) is 5.88. The molecule has 1 N–H and O–H groups in total. The molecule has 1 saturated carbocycles. The Balaban J connectivity index is 1.59. The van der Waals surface area contributed by atoms with E-state index in [1.54, 1.807) is 12.0 Å². The average molecular weight is 378 g/mol. The van der Waals surface area contributed by atoms with E-state index in [0.29, 0.717) is 25.4 Å². The number of fused-ring (bicyclic) bond motifs is 1. The second-order valence-corrected chi connectivity index (χ2v) is 7.96. The molecule has 0 aromatic heterocycles. The van der Waals surface area contributed by atoms with Gasteiger partial charge in [-0.2, -0.15) is 0 Å². The number of amides is 2. The summed E-state index contributed by atoms with van der Waals surface area (Å²) in [6, 6.07) is 15.3. The van der Waals surface area contributed by atoms with E-state index in [4.69, 9.17) is 4.74 Å². The number of rotatable bonds is 6. The van der Waals surface area contributed by atoms with Crippen molar-refractivity contribution in [3.05, 3.63) is 65.2 Å². The molecule has 1 heterocycles. The number of nitrogens with zero attached hydrogens (tertiary/aromatic N) is 1. The zero-order valence-corrected chi connectivity index (χ0v) is 16.4. The SMILES string of the molecule is COc1ccccc1CNC(=O)[C@]1(C)Cc2ccccc2C(=O)N1CC1CC1. The van der Waals surface area contributed by atoms with Gasteiger partial charge in [0.1, 0.15) is 11.3 Å². The number of ether oxygens (including phenoxy) is 1. The summed E-state index contributed by atoms with van der Waals surface area (Å²) >= 11 is 0. The number of benzene rings is 2. The van der Waals surface area contributed by atoms with Crippen LogP contribution in [0.15, 0.2) is 48.5 Å². The fourth-order valence-corrected chi connectivity index (χ4v) is 3.98. The van der Waals surface area contributed by atoms with Crippen molar-refractivity contribution >= 4 is 11.8 Å². The van der Waals surface area contributed by atoms with Crippen LogP contribution in [0.4, 0.5) is 0 Å². The minimum Gasteiger partial charge on any atom is -0.496 e. The standard InChI is InChI=1S/C23H26N2O3/c1-23(22(27)24-14-18-8-4-6-10-20(18)28-2)13-17-7-3-5-9-19(17)21(26)25(23)15-16-11-12-16/h3-10,16H,11-15H2,1-2H3,(H,24,27)/t23-/m0/s1. The van der Waals surface area contributed by atoms with Gasteiger partial charge >= 0.3 is 0 Å². The van der Waals surface area contributed by atoms with Crippen molar-refractivity contribution in [1.29, 1.82) is 0 Å². The highest BCUT2D eigenvalue weighted by Crippen LogP contribution is 2.37. The summed E-state index contributed by atoms with van der Waals surface area (Å²) in [6.45, 7) is 2.90. The maximum absolute atomic E-state index is 13.3. The summed E-state index contributed by atoms with van der Waals surface area (Å²) in [7, 11) is 1.62. The van der Waals surface area contributed by atoms with Crippen molar-refractivity contribution in [2.24, 2.45) is 5.92 Å². The van der Waals surface area contributed by atoms with Gasteiger partial charge in [-0.05, 0) is 43.4 Å². The van der Waals surface area contributed by atoms with Crippen LogP contribution in [0.2, 0.25) is 0 Å². The molecule has 0 radical (unpaired) electrons. The van der Waals surface area contributed by atoms with Crippen LogP contribution in [0.1, 0.15) is 41.3 Å². The predicted molar refractivity (Wildman–Crippen MR) is 107 cm³/mol. The molecule has 1 aliphatic carbocycles. The lowest BCUT2D eigenvalue weighted by molar-refractivity contribution is -0.132. The van der Waals surface area contributed by atoms with E-state index in [-0.39, 0.29) is 11.8 Å². The third-order valence-electron chi connectivity index (χ3n) is 5.88. The van der Waals surface area contributed by atoms with Gasteiger partial charge in [0.2, 0.25) is 5.91 Å². The molecular weight excluding hydrogens is 352 g/mol. The van der Waals surface area contributed by atoms with Gasteiger partial charge in [-0.25, -0.2) is 0 Å². The van der Waals surface area contributed by atoms with Gasteiger partial charge in [0.25, 0.3) is 5.91 Å². The summed E-state index contributed by atoms with van der Waals surface area (Å²) < 4.78 is 5.38. The van der Waals surface area contributed by atoms with E-state index in [2.05, 4.69) is 5.32 Å². The Bertz CT molecular complexity index is 906. The molecule has 2 amide bonds. The largest absolute Gasteiger partial charge is 0.496 e. The molecule has 0 unspecified atom stereocenters. The van der Waals surface area contributed by atoms with E-state index in [9.17, 15) is 9.59 Å².